The van der Waals surface area contributed by atoms with Crippen LogP contribution in [-0.2, 0) is 19.6 Å². The normalized spacial score (nSPS) is 18.9. The highest BCUT2D eigenvalue weighted by molar-refractivity contribution is 7.91. The predicted octanol–water partition coefficient (Wildman–Crippen LogP) is 0.755. The topological polar surface area (TPSA) is 104 Å². The molecule has 1 aromatic rings. The quantitative estimate of drug-likeness (QED) is 0.814. The van der Waals surface area contributed by atoms with Crippen molar-refractivity contribution in [2.45, 2.75) is 23.1 Å². The minimum atomic E-state index is -3.81. The summed E-state index contributed by atoms with van der Waals surface area (Å²) in [5.74, 6) is -1.63. The summed E-state index contributed by atoms with van der Waals surface area (Å²) in [5.41, 5.74) is 0. The minimum Gasteiger partial charge on any atom is -0.480 e. The first kappa shape index (κ1) is 16.2. The summed E-state index contributed by atoms with van der Waals surface area (Å²) >= 11 is 6.55. The number of carbonyl (C=O) groups is 2. The Morgan fingerprint density at radius 3 is 2.76 bits per heavy atom. The van der Waals surface area contributed by atoms with Crippen molar-refractivity contribution in [3.8, 4) is 0 Å². The molecule has 7 nitrogen and oxygen atoms in total. The lowest BCUT2D eigenvalue weighted by Crippen LogP contribution is -2.45. The molecule has 1 fully saturated rings. The standard InChI is InChI=1S/C11H13ClN2O5S2/c12-8-3-4-10(20-8)21(18,19)13-6-9(15)14-5-1-2-7(14)11(16)17/h3-4,7,13H,1-2,5-6H2,(H,16,17)/t7-/m0/s1. The number of hydrogen-bond donors (Lipinski definition) is 2. The molecule has 2 heterocycles. The van der Waals surface area contributed by atoms with Gasteiger partial charge in [0.25, 0.3) is 10.0 Å². The van der Waals surface area contributed by atoms with Crippen LogP contribution in [0.2, 0.25) is 4.34 Å². The van der Waals surface area contributed by atoms with E-state index in [4.69, 9.17) is 16.7 Å². The lowest BCUT2D eigenvalue weighted by molar-refractivity contribution is -0.147. The van der Waals surface area contributed by atoms with E-state index >= 15 is 0 Å². The number of nitrogens with one attached hydrogen (secondary N) is 1. The van der Waals surface area contributed by atoms with Gasteiger partial charge in [0, 0.05) is 6.54 Å². The van der Waals surface area contributed by atoms with E-state index in [0.29, 0.717) is 23.7 Å². The number of sulfonamides is 1. The first-order chi connectivity index (χ1) is 9.81. The highest BCUT2D eigenvalue weighted by Gasteiger charge is 2.34. The monoisotopic (exact) mass is 352 g/mol. The van der Waals surface area contributed by atoms with Gasteiger partial charge in [-0.15, -0.1) is 11.3 Å². The van der Waals surface area contributed by atoms with Gasteiger partial charge in [0.2, 0.25) is 5.91 Å². The van der Waals surface area contributed by atoms with E-state index < -0.39 is 34.5 Å². The number of carbonyl (C=O) groups excluding carboxylic acids is 1. The van der Waals surface area contributed by atoms with E-state index in [0.717, 1.165) is 11.3 Å². The number of amides is 1. The summed E-state index contributed by atoms with van der Waals surface area (Å²) in [6.07, 6.45) is 0.977. The molecule has 116 valence electrons. The van der Waals surface area contributed by atoms with Gasteiger partial charge in [-0.05, 0) is 25.0 Å². The molecule has 1 aliphatic heterocycles. The van der Waals surface area contributed by atoms with Gasteiger partial charge >= 0.3 is 5.97 Å². The van der Waals surface area contributed by atoms with Crippen molar-refractivity contribution in [3.05, 3.63) is 16.5 Å². The van der Waals surface area contributed by atoms with Crippen molar-refractivity contribution in [1.29, 1.82) is 0 Å². The first-order valence-electron chi connectivity index (χ1n) is 6.08. The Morgan fingerprint density at radius 1 is 1.48 bits per heavy atom. The summed E-state index contributed by atoms with van der Waals surface area (Å²) in [6, 6.07) is 1.91. The Hall–Kier alpha value is -1.16. The maximum absolute atomic E-state index is 12.0. The van der Waals surface area contributed by atoms with Crippen molar-refractivity contribution >= 4 is 44.8 Å². The Bertz CT molecular complexity index is 657. The molecule has 0 aliphatic carbocycles. The van der Waals surface area contributed by atoms with Crippen molar-refractivity contribution in [1.82, 2.24) is 9.62 Å². The average Bonchev–Trinajstić information content (AvgIpc) is 3.04. The van der Waals surface area contributed by atoms with Gasteiger partial charge in [0.15, 0.2) is 0 Å². The molecule has 0 bridgehead atoms. The van der Waals surface area contributed by atoms with Crippen LogP contribution in [0.15, 0.2) is 16.3 Å². The second-order valence-electron chi connectivity index (χ2n) is 4.47. The molecule has 0 aromatic carbocycles. The summed E-state index contributed by atoms with van der Waals surface area (Å²) in [6.45, 7) is -0.149. The van der Waals surface area contributed by atoms with E-state index in [1.165, 1.54) is 17.0 Å². The lowest BCUT2D eigenvalue weighted by atomic mass is 10.2. The van der Waals surface area contributed by atoms with E-state index in [-0.39, 0.29) is 4.21 Å². The van der Waals surface area contributed by atoms with E-state index in [1.54, 1.807) is 0 Å². The SMILES string of the molecule is O=C(O)[C@@H]1CCCN1C(=O)CNS(=O)(=O)c1ccc(Cl)s1. The van der Waals surface area contributed by atoms with Crippen LogP contribution in [0.5, 0.6) is 0 Å². The van der Waals surface area contributed by atoms with Crippen LogP contribution in [0.4, 0.5) is 0 Å². The summed E-state index contributed by atoms with van der Waals surface area (Å²) in [5, 5.41) is 9.00. The number of carboxylic acid groups (broad SMARTS) is 1. The third-order valence-corrected chi connectivity index (χ3v) is 6.21. The molecule has 1 saturated heterocycles. The van der Waals surface area contributed by atoms with Crippen LogP contribution in [0.25, 0.3) is 0 Å². The second kappa shape index (κ2) is 6.30. The van der Waals surface area contributed by atoms with Gasteiger partial charge in [-0.3, -0.25) is 4.79 Å². The van der Waals surface area contributed by atoms with Gasteiger partial charge in [-0.2, -0.15) is 0 Å². The third kappa shape index (κ3) is 3.73. The molecule has 1 aliphatic rings. The van der Waals surface area contributed by atoms with Crippen molar-refractivity contribution in [2.24, 2.45) is 0 Å². The number of rotatable bonds is 5. The van der Waals surface area contributed by atoms with Crippen LogP contribution < -0.4 is 4.72 Å². The molecule has 1 amide bonds. The van der Waals surface area contributed by atoms with Crippen LogP contribution in [0, 0.1) is 0 Å². The van der Waals surface area contributed by atoms with Crippen LogP contribution >= 0.6 is 22.9 Å². The van der Waals surface area contributed by atoms with E-state index in [9.17, 15) is 18.0 Å². The Balaban J connectivity index is 1.99. The number of likely N-dealkylation sites (tertiary alicyclic amines) is 1. The number of carboxylic acids is 1. The molecular weight excluding hydrogens is 340 g/mol. The Morgan fingerprint density at radius 2 is 2.19 bits per heavy atom. The number of aliphatic carboxylic acids is 1. The predicted molar refractivity (Wildman–Crippen MR) is 76.9 cm³/mol. The largest absolute Gasteiger partial charge is 0.480 e. The zero-order chi connectivity index (χ0) is 15.6. The van der Waals surface area contributed by atoms with E-state index in [2.05, 4.69) is 4.72 Å². The molecule has 0 spiro atoms. The van der Waals surface area contributed by atoms with Crippen LogP contribution in [-0.4, -0.2) is 49.4 Å². The fourth-order valence-electron chi connectivity index (χ4n) is 2.09. The van der Waals surface area contributed by atoms with Gasteiger partial charge < -0.3 is 10.0 Å². The van der Waals surface area contributed by atoms with Crippen molar-refractivity contribution < 1.29 is 23.1 Å². The molecule has 2 rings (SSSR count). The molecule has 21 heavy (non-hydrogen) atoms. The van der Waals surface area contributed by atoms with Gasteiger partial charge in [-0.1, -0.05) is 11.6 Å². The van der Waals surface area contributed by atoms with Gasteiger partial charge in [0.05, 0.1) is 10.9 Å². The molecule has 1 atom stereocenters. The summed E-state index contributed by atoms with van der Waals surface area (Å²) < 4.78 is 26.4. The fourth-order valence-corrected chi connectivity index (χ4v) is 4.60. The molecule has 1 aromatic heterocycles. The number of hydrogen-bond acceptors (Lipinski definition) is 5. The fraction of sp³-hybridized carbons (Fsp3) is 0.455. The van der Waals surface area contributed by atoms with Crippen LogP contribution in [0.3, 0.4) is 0 Å². The first-order valence-corrected chi connectivity index (χ1v) is 8.76. The lowest BCUT2D eigenvalue weighted by Gasteiger charge is -2.21. The maximum Gasteiger partial charge on any atom is 0.326 e. The Kier molecular flexibility index (Phi) is 4.87. The zero-order valence-corrected chi connectivity index (χ0v) is 13.2. The molecule has 2 N–H and O–H groups in total. The second-order valence-corrected chi connectivity index (χ2v) is 8.18. The molecular formula is C11H13ClN2O5S2. The minimum absolute atomic E-state index is 0.0107. The van der Waals surface area contributed by atoms with Crippen molar-refractivity contribution in [3.63, 3.8) is 0 Å². The zero-order valence-electron chi connectivity index (χ0n) is 10.8. The molecule has 0 unspecified atom stereocenters. The smallest absolute Gasteiger partial charge is 0.326 e. The number of nitrogens with zero attached hydrogens (tertiary/aromatic N) is 1. The van der Waals surface area contributed by atoms with Gasteiger partial charge in [-0.25, -0.2) is 17.9 Å². The van der Waals surface area contributed by atoms with Gasteiger partial charge in [0.1, 0.15) is 10.3 Å². The Labute approximate surface area is 130 Å². The number of thiophene rings is 1. The molecule has 10 heteroatoms. The highest BCUT2D eigenvalue weighted by atomic mass is 35.5. The highest BCUT2D eigenvalue weighted by Crippen LogP contribution is 2.25. The third-order valence-electron chi connectivity index (χ3n) is 3.09. The van der Waals surface area contributed by atoms with Crippen molar-refractivity contribution in [2.75, 3.05) is 13.1 Å². The molecule has 0 radical (unpaired) electrons. The number of halogens is 1. The maximum atomic E-state index is 12.0. The van der Waals surface area contributed by atoms with Crippen LogP contribution in [0.1, 0.15) is 12.8 Å². The van der Waals surface area contributed by atoms with E-state index in [1.807, 2.05) is 0 Å². The summed E-state index contributed by atoms with van der Waals surface area (Å²) in [7, 11) is -3.81. The summed E-state index contributed by atoms with van der Waals surface area (Å²) in [4.78, 5) is 24.1. The average molecular weight is 353 g/mol. The molecule has 0 saturated carbocycles.